The number of nitrogens with one attached hydrogen (secondary N) is 1. The first-order valence-electron chi connectivity index (χ1n) is 7.35. The lowest BCUT2D eigenvalue weighted by molar-refractivity contribution is -0.146. The van der Waals surface area contributed by atoms with Crippen molar-refractivity contribution in [3.63, 3.8) is 0 Å². The van der Waals surface area contributed by atoms with Gasteiger partial charge in [0.1, 0.15) is 12.2 Å². The fourth-order valence-corrected chi connectivity index (χ4v) is 1.70. The van der Waals surface area contributed by atoms with Gasteiger partial charge in [-0.2, -0.15) is 5.10 Å². The molecule has 0 radical (unpaired) electrons. The van der Waals surface area contributed by atoms with Gasteiger partial charge in [-0.05, 0) is 26.0 Å². The van der Waals surface area contributed by atoms with Crippen molar-refractivity contribution in [3.8, 4) is 5.75 Å². The predicted molar refractivity (Wildman–Crippen MR) is 85.6 cm³/mol. The van der Waals surface area contributed by atoms with Crippen LogP contribution in [0.3, 0.4) is 0 Å². The van der Waals surface area contributed by atoms with Gasteiger partial charge in [0, 0.05) is 5.56 Å². The highest BCUT2D eigenvalue weighted by Gasteiger charge is 2.18. The predicted octanol–water partition coefficient (Wildman–Crippen LogP) is 1.03. The average molecular weight is 336 g/mol. The monoisotopic (exact) mass is 336 g/mol. The highest BCUT2D eigenvalue weighted by atomic mass is 16.5. The van der Waals surface area contributed by atoms with Crippen molar-refractivity contribution in [3.05, 3.63) is 29.8 Å². The van der Waals surface area contributed by atoms with Gasteiger partial charge in [0.05, 0.1) is 20.3 Å². The molecule has 1 N–H and O–H groups in total. The van der Waals surface area contributed by atoms with E-state index in [1.165, 1.54) is 7.11 Å². The van der Waals surface area contributed by atoms with Gasteiger partial charge in [0.15, 0.2) is 5.71 Å². The van der Waals surface area contributed by atoms with E-state index in [1.807, 2.05) is 0 Å². The van der Waals surface area contributed by atoms with Crippen molar-refractivity contribution in [1.29, 1.82) is 0 Å². The van der Waals surface area contributed by atoms with Gasteiger partial charge in [-0.3, -0.25) is 9.59 Å². The Kier molecular flexibility index (Phi) is 7.97. The molecule has 0 spiro atoms. The Morgan fingerprint density at radius 2 is 1.83 bits per heavy atom. The van der Waals surface area contributed by atoms with Crippen LogP contribution in [0.1, 0.15) is 25.8 Å². The Morgan fingerprint density at radius 3 is 2.46 bits per heavy atom. The number of hydrogen-bond donors (Lipinski definition) is 1. The number of ether oxygens (including phenoxy) is 3. The second kappa shape index (κ2) is 9.98. The summed E-state index contributed by atoms with van der Waals surface area (Å²) in [6.45, 7) is 3.61. The molecule has 130 valence electrons. The van der Waals surface area contributed by atoms with Crippen molar-refractivity contribution < 1.29 is 28.6 Å². The maximum absolute atomic E-state index is 12.0. The van der Waals surface area contributed by atoms with Crippen LogP contribution in [0.5, 0.6) is 5.75 Å². The van der Waals surface area contributed by atoms with Crippen molar-refractivity contribution in [1.82, 2.24) is 5.43 Å². The Morgan fingerprint density at radius 1 is 1.12 bits per heavy atom. The van der Waals surface area contributed by atoms with Crippen molar-refractivity contribution in [2.45, 2.75) is 20.3 Å². The molecule has 0 aromatic heterocycles. The van der Waals surface area contributed by atoms with E-state index in [9.17, 15) is 14.4 Å². The summed E-state index contributed by atoms with van der Waals surface area (Å²) in [6.07, 6.45) is -0.494. The number of amides is 1. The van der Waals surface area contributed by atoms with Crippen molar-refractivity contribution in [2.24, 2.45) is 5.10 Å². The second-order valence-electron chi connectivity index (χ2n) is 4.43. The lowest BCUT2D eigenvalue weighted by atomic mass is 10.1. The number of carbonyl (C=O) groups excluding carboxylic acids is 3. The van der Waals surface area contributed by atoms with Gasteiger partial charge in [-0.25, -0.2) is 10.2 Å². The molecule has 0 aliphatic rings. The zero-order chi connectivity index (χ0) is 17.9. The van der Waals surface area contributed by atoms with E-state index >= 15 is 0 Å². The fourth-order valence-electron chi connectivity index (χ4n) is 1.70. The summed E-state index contributed by atoms with van der Waals surface area (Å²) in [5.41, 5.74) is 2.46. The SMILES string of the molecule is CCOC(=O)CC(=O)NN=C(C(=O)OCC)c1cccc(OC)c1. The first-order chi connectivity index (χ1) is 11.5. The van der Waals surface area contributed by atoms with Crippen LogP contribution >= 0.6 is 0 Å². The third-order valence-electron chi connectivity index (χ3n) is 2.71. The number of benzene rings is 1. The maximum Gasteiger partial charge on any atom is 0.359 e. The normalized spacial score (nSPS) is 10.7. The minimum absolute atomic E-state index is 0.104. The van der Waals surface area contributed by atoms with E-state index in [0.717, 1.165) is 0 Å². The van der Waals surface area contributed by atoms with E-state index in [1.54, 1.807) is 38.1 Å². The molecular weight excluding hydrogens is 316 g/mol. The Labute approximate surface area is 139 Å². The molecule has 0 bridgehead atoms. The smallest absolute Gasteiger partial charge is 0.359 e. The molecule has 0 atom stereocenters. The minimum atomic E-state index is -0.706. The van der Waals surface area contributed by atoms with Gasteiger partial charge in [-0.1, -0.05) is 12.1 Å². The Hall–Kier alpha value is -2.90. The Balaban J connectivity index is 2.94. The molecule has 24 heavy (non-hydrogen) atoms. The number of esters is 2. The van der Waals surface area contributed by atoms with Crippen molar-refractivity contribution >= 4 is 23.6 Å². The van der Waals surface area contributed by atoms with E-state index in [2.05, 4.69) is 15.3 Å². The molecule has 0 heterocycles. The van der Waals surface area contributed by atoms with Gasteiger partial charge < -0.3 is 14.2 Å². The van der Waals surface area contributed by atoms with Crippen molar-refractivity contribution in [2.75, 3.05) is 20.3 Å². The molecule has 1 aromatic carbocycles. The van der Waals surface area contributed by atoms with Crippen LogP contribution in [0.25, 0.3) is 0 Å². The van der Waals surface area contributed by atoms with E-state index < -0.39 is 24.3 Å². The zero-order valence-electron chi connectivity index (χ0n) is 13.8. The quantitative estimate of drug-likeness (QED) is 0.329. The first-order valence-corrected chi connectivity index (χ1v) is 7.35. The second-order valence-corrected chi connectivity index (χ2v) is 4.43. The number of methoxy groups -OCH3 is 1. The van der Waals surface area contributed by atoms with Crippen LogP contribution in [-0.4, -0.2) is 43.9 Å². The molecule has 1 rings (SSSR count). The van der Waals surface area contributed by atoms with Crippen LogP contribution in [0.15, 0.2) is 29.4 Å². The number of carbonyl (C=O) groups is 3. The molecule has 0 aliphatic carbocycles. The summed E-state index contributed by atoms with van der Waals surface area (Å²) in [6, 6.07) is 6.57. The summed E-state index contributed by atoms with van der Waals surface area (Å²) in [4.78, 5) is 35.0. The van der Waals surface area contributed by atoms with Gasteiger partial charge in [0.25, 0.3) is 5.91 Å². The molecule has 8 nitrogen and oxygen atoms in total. The van der Waals surface area contributed by atoms with Gasteiger partial charge in [-0.15, -0.1) is 0 Å². The van der Waals surface area contributed by atoms with Crippen LogP contribution in [-0.2, 0) is 23.9 Å². The summed E-state index contributed by atoms with van der Waals surface area (Å²) < 4.78 is 14.7. The first kappa shape index (κ1) is 19.1. The fraction of sp³-hybridized carbons (Fsp3) is 0.375. The third-order valence-corrected chi connectivity index (χ3v) is 2.71. The molecule has 0 aliphatic heterocycles. The molecule has 1 amide bonds. The van der Waals surface area contributed by atoms with E-state index in [-0.39, 0.29) is 18.9 Å². The number of hydrogen-bond acceptors (Lipinski definition) is 7. The van der Waals surface area contributed by atoms with E-state index in [4.69, 9.17) is 9.47 Å². The lowest BCUT2D eigenvalue weighted by Gasteiger charge is -2.08. The molecule has 8 heteroatoms. The van der Waals surface area contributed by atoms with Crippen LogP contribution < -0.4 is 10.2 Å². The molecule has 1 aromatic rings. The van der Waals surface area contributed by atoms with E-state index in [0.29, 0.717) is 11.3 Å². The summed E-state index contributed by atoms with van der Waals surface area (Å²) >= 11 is 0. The molecule has 0 fully saturated rings. The average Bonchev–Trinajstić information content (AvgIpc) is 2.55. The summed E-state index contributed by atoms with van der Waals surface area (Å²) in [5.74, 6) is -1.56. The highest BCUT2D eigenvalue weighted by molar-refractivity contribution is 6.43. The molecule has 0 unspecified atom stereocenters. The summed E-state index contributed by atoms with van der Waals surface area (Å²) in [5, 5.41) is 3.78. The topological polar surface area (TPSA) is 103 Å². The number of nitrogens with zero attached hydrogens (tertiary/aromatic N) is 1. The number of hydrazone groups is 1. The summed E-state index contributed by atoms with van der Waals surface area (Å²) in [7, 11) is 1.49. The van der Waals surface area contributed by atoms with Crippen LogP contribution in [0, 0.1) is 0 Å². The standard InChI is InChI=1S/C16H20N2O6/c1-4-23-14(20)10-13(19)17-18-15(16(21)24-5-2)11-7-6-8-12(9-11)22-3/h6-9H,4-5,10H2,1-3H3,(H,17,19). The van der Waals surface area contributed by atoms with Crippen LogP contribution in [0.2, 0.25) is 0 Å². The minimum Gasteiger partial charge on any atom is -0.497 e. The van der Waals surface area contributed by atoms with Gasteiger partial charge in [0.2, 0.25) is 0 Å². The largest absolute Gasteiger partial charge is 0.497 e. The molecule has 0 saturated carbocycles. The van der Waals surface area contributed by atoms with Crippen LogP contribution in [0.4, 0.5) is 0 Å². The molecule has 0 saturated heterocycles. The van der Waals surface area contributed by atoms with Gasteiger partial charge >= 0.3 is 11.9 Å². The maximum atomic E-state index is 12.0. The number of rotatable bonds is 8. The Bertz CT molecular complexity index is 627. The zero-order valence-corrected chi connectivity index (χ0v) is 13.8. The molecular formula is C16H20N2O6. The third kappa shape index (κ3) is 6.07. The lowest BCUT2D eigenvalue weighted by Crippen LogP contribution is -2.27. The highest BCUT2D eigenvalue weighted by Crippen LogP contribution is 2.14.